The van der Waals surface area contributed by atoms with Crippen LogP contribution in [0.4, 0.5) is 22.7 Å². The normalized spacial score (nSPS) is 15.4. The Morgan fingerprint density at radius 1 is 0.500 bits per heavy atom. The summed E-state index contributed by atoms with van der Waals surface area (Å²) in [7, 11) is -10.3. The van der Waals surface area contributed by atoms with Gasteiger partial charge in [0.05, 0.1) is 36.1 Å². The van der Waals surface area contributed by atoms with E-state index in [1.54, 1.807) is 0 Å². The van der Waals surface area contributed by atoms with E-state index < -0.39 is 113 Å². The molecule has 6 rings (SSSR count). The van der Waals surface area contributed by atoms with Gasteiger partial charge in [-0.3, -0.25) is 58.3 Å². The fraction of sp³-hybridized carbons (Fsp3) is 0.0952. The van der Waals surface area contributed by atoms with Gasteiger partial charge in [0.1, 0.15) is 9.81 Å². The molecule has 0 heterocycles. The van der Waals surface area contributed by atoms with Gasteiger partial charge in [-0.1, -0.05) is 24.3 Å². The molecule has 0 radical (unpaired) electrons. The molecule has 10 N–H and O–H groups in total. The van der Waals surface area contributed by atoms with E-state index >= 15 is 0 Å². The third-order valence-electron chi connectivity index (χ3n) is 9.91. The molecule has 4 aromatic carbocycles. The number of rotatable bonds is 16. The van der Waals surface area contributed by atoms with Crippen LogP contribution in [-0.2, 0) is 49.0 Å². The number of hydrazone groups is 2. The lowest BCUT2D eigenvalue weighted by Crippen LogP contribution is -2.30. The Kier molecular flexibility index (Phi) is 13.9. The number of carbonyl (C=O) groups is 8. The maximum atomic E-state index is 13.5. The number of carboxylic acids is 4. The van der Waals surface area contributed by atoms with Gasteiger partial charge in [0, 0.05) is 22.5 Å². The summed E-state index contributed by atoms with van der Waals surface area (Å²) in [4.78, 5) is 96.3. The number of nitrogens with one attached hydrogen (secondary N) is 4. The number of ketones is 2. The SMILES string of the molecule is O=C(O)CC(C(=O)O)c1ccc(N/N=C2\C(=O)c3ccc(NC(=O)C(=O)Nc4ccc5c(c4)C=C(S(=O)(=O)O)/C(=N/Nc4ccc(C(CC(=O)O)C(=O)O)cc4)C5=O)cc3C=C2S(=O)(=O)O)cc1. The van der Waals surface area contributed by atoms with Gasteiger partial charge in [0.25, 0.3) is 20.2 Å². The zero-order valence-electron chi connectivity index (χ0n) is 34.1. The number of anilines is 4. The fourth-order valence-corrected chi connectivity index (χ4v) is 7.99. The molecule has 0 spiro atoms. The van der Waals surface area contributed by atoms with E-state index in [0.29, 0.717) is 0 Å². The van der Waals surface area contributed by atoms with E-state index in [4.69, 9.17) is 10.2 Å². The average Bonchev–Trinajstić information content (AvgIpc) is 3.26. The lowest BCUT2D eigenvalue weighted by atomic mass is 9.94. The summed E-state index contributed by atoms with van der Waals surface area (Å²) in [6, 6.07) is 17.2. The number of aliphatic carboxylic acids is 4. The van der Waals surface area contributed by atoms with Gasteiger partial charge in [0.15, 0.2) is 11.4 Å². The first kappa shape index (κ1) is 48.7. The highest BCUT2D eigenvalue weighted by Crippen LogP contribution is 2.31. The van der Waals surface area contributed by atoms with Crippen LogP contribution < -0.4 is 21.5 Å². The smallest absolute Gasteiger partial charge is 0.314 e. The van der Waals surface area contributed by atoms with Gasteiger partial charge >= 0.3 is 35.7 Å². The fourth-order valence-electron chi connectivity index (χ4n) is 6.68. The first-order valence-electron chi connectivity index (χ1n) is 19.1. The first-order chi connectivity index (χ1) is 31.9. The summed E-state index contributed by atoms with van der Waals surface area (Å²) in [5.74, 6) is -12.9. The molecule has 2 unspecified atom stereocenters. The molecule has 2 amide bonds. The van der Waals surface area contributed by atoms with Crippen LogP contribution in [0.2, 0.25) is 0 Å². The minimum absolute atomic E-state index is 0.111. The zero-order chi connectivity index (χ0) is 49.8. The Morgan fingerprint density at radius 2 is 0.824 bits per heavy atom. The predicted molar refractivity (Wildman–Crippen MR) is 238 cm³/mol. The molecule has 0 saturated carbocycles. The molecule has 0 aliphatic heterocycles. The maximum Gasteiger partial charge on any atom is 0.314 e. The quantitative estimate of drug-likeness (QED) is 0.0437. The van der Waals surface area contributed by atoms with E-state index in [1.807, 2.05) is 0 Å². The van der Waals surface area contributed by atoms with Crippen LogP contribution in [0.3, 0.4) is 0 Å². The highest BCUT2D eigenvalue weighted by molar-refractivity contribution is 7.91. The minimum atomic E-state index is -5.14. The van der Waals surface area contributed by atoms with Crippen molar-refractivity contribution in [1.29, 1.82) is 0 Å². The monoisotopic (exact) mass is 972 g/mol. The van der Waals surface area contributed by atoms with Crippen LogP contribution in [0, 0.1) is 0 Å². The number of allylic oxidation sites excluding steroid dienone is 2. The molecule has 0 aromatic heterocycles. The van der Waals surface area contributed by atoms with Gasteiger partial charge in [0.2, 0.25) is 11.6 Å². The second-order valence-electron chi connectivity index (χ2n) is 14.5. The van der Waals surface area contributed by atoms with E-state index in [0.717, 1.165) is 36.4 Å². The van der Waals surface area contributed by atoms with Crippen molar-refractivity contribution in [2.45, 2.75) is 24.7 Å². The van der Waals surface area contributed by atoms with Gasteiger partial charge in [-0.15, -0.1) is 0 Å². The van der Waals surface area contributed by atoms with Crippen molar-refractivity contribution in [3.05, 3.63) is 128 Å². The van der Waals surface area contributed by atoms with Crippen molar-refractivity contribution in [1.82, 2.24) is 0 Å². The molecule has 0 bridgehead atoms. The zero-order valence-corrected chi connectivity index (χ0v) is 35.7. The number of carboxylic acid groups (broad SMARTS) is 4. The summed E-state index contributed by atoms with van der Waals surface area (Å²) in [6.45, 7) is 0. The minimum Gasteiger partial charge on any atom is -0.481 e. The Hall–Kier alpha value is -8.72. The van der Waals surface area contributed by atoms with Crippen molar-refractivity contribution >= 4 is 114 Å². The number of Topliss-reactive ketones (excluding diaryl/α,β-unsaturated/α-hetero) is 2. The highest BCUT2D eigenvalue weighted by Gasteiger charge is 2.35. The Labute approximate surface area is 381 Å². The Balaban J connectivity index is 1.16. The van der Waals surface area contributed by atoms with Crippen LogP contribution in [-0.4, -0.2) is 105 Å². The van der Waals surface area contributed by atoms with Gasteiger partial charge in [-0.2, -0.15) is 27.0 Å². The molecule has 24 nitrogen and oxygen atoms in total. The molecule has 2 aliphatic carbocycles. The summed E-state index contributed by atoms with van der Waals surface area (Å²) in [5, 5.41) is 49.0. The largest absolute Gasteiger partial charge is 0.481 e. The maximum absolute atomic E-state index is 13.5. The number of carbonyl (C=O) groups excluding carboxylic acids is 4. The Morgan fingerprint density at radius 3 is 1.12 bits per heavy atom. The second-order valence-corrected chi connectivity index (χ2v) is 17.3. The lowest BCUT2D eigenvalue weighted by molar-refractivity contribution is -0.145. The van der Waals surface area contributed by atoms with E-state index in [-0.39, 0.29) is 56.1 Å². The molecule has 350 valence electrons. The molecule has 0 fully saturated rings. The standard InChI is InChI=1S/C42H32N6O18S2/c49-33(50)17-29(41(57)58)19-1-5-23(6-2-19)45-47-35-31(67(61,62)63)15-21-13-25(9-11-27(21)37(35)53)43-39(55)40(56)44-26-10-12-28-22(14-26)16-32(68(64,65)66)36(38(28)54)48-46-24-7-3-20(4-8-24)30(42(59)60)18-34(51)52/h1-16,29-30,45-46H,17-18H2,(H,43,55)(H,44,56)(H,49,50)(H,51,52)(H,57,58)(H,59,60)(H,61,62,63)(H,64,65,66)/b47-35-,48-36-. The van der Waals surface area contributed by atoms with E-state index in [2.05, 4.69) is 31.7 Å². The number of amides is 2. The second kappa shape index (κ2) is 19.4. The van der Waals surface area contributed by atoms with Gasteiger partial charge in [-0.25, -0.2) is 0 Å². The highest BCUT2D eigenvalue weighted by atomic mass is 32.2. The topological polar surface area (TPSA) is 399 Å². The summed E-state index contributed by atoms with van der Waals surface area (Å²) in [5.41, 5.74) is 2.94. The number of nitrogens with zero attached hydrogens (tertiary/aromatic N) is 2. The van der Waals surface area contributed by atoms with Crippen molar-refractivity contribution in [3.63, 3.8) is 0 Å². The molecule has 2 atom stereocenters. The molecule has 26 heteroatoms. The molecule has 2 aliphatic rings. The summed E-state index contributed by atoms with van der Waals surface area (Å²) >= 11 is 0. The third-order valence-corrected chi connectivity index (χ3v) is 11.6. The summed E-state index contributed by atoms with van der Waals surface area (Å²) < 4.78 is 69.6. The van der Waals surface area contributed by atoms with Crippen molar-refractivity contribution in [2.24, 2.45) is 10.2 Å². The van der Waals surface area contributed by atoms with Crippen LogP contribution in [0.25, 0.3) is 12.2 Å². The average molecular weight is 973 g/mol. The van der Waals surface area contributed by atoms with Gasteiger partial charge < -0.3 is 31.1 Å². The molecular weight excluding hydrogens is 941 g/mol. The van der Waals surface area contributed by atoms with Crippen LogP contribution in [0.15, 0.2) is 105 Å². The van der Waals surface area contributed by atoms with E-state index in [1.165, 1.54) is 60.7 Å². The lowest BCUT2D eigenvalue weighted by Gasteiger charge is -2.18. The van der Waals surface area contributed by atoms with Crippen molar-refractivity contribution in [3.8, 4) is 0 Å². The molecule has 4 aromatic rings. The van der Waals surface area contributed by atoms with Crippen LogP contribution >= 0.6 is 0 Å². The number of benzene rings is 4. The number of fused-ring (bicyclic) bond motifs is 2. The molecule has 68 heavy (non-hydrogen) atoms. The molecular formula is C42H32N6O18S2. The predicted octanol–water partition coefficient (Wildman–Crippen LogP) is 3.34. The van der Waals surface area contributed by atoms with Crippen molar-refractivity contribution in [2.75, 3.05) is 21.5 Å². The summed E-state index contributed by atoms with van der Waals surface area (Å²) in [6.07, 6.45) is 0.324. The molecule has 0 saturated heterocycles. The first-order valence-corrected chi connectivity index (χ1v) is 21.9. The van der Waals surface area contributed by atoms with Crippen LogP contribution in [0.1, 0.15) is 67.6 Å². The third kappa shape index (κ3) is 11.2. The van der Waals surface area contributed by atoms with Gasteiger partial charge in [-0.05, 0) is 95.1 Å². The van der Waals surface area contributed by atoms with Crippen LogP contribution in [0.5, 0.6) is 0 Å². The number of hydrogen-bond donors (Lipinski definition) is 10. The Bertz CT molecular complexity index is 3000. The van der Waals surface area contributed by atoms with E-state index in [9.17, 15) is 74.5 Å². The van der Waals surface area contributed by atoms with Crippen molar-refractivity contribution < 1.29 is 84.7 Å². The number of hydrogen-bond acceptors (Lipinski definition) is 16.